The zero-order valence-electron chi connectivity index (χ0n) is 6.66. The van der Waals surface area contributed by atoms with Crippen LogP contribution < -0.4 is 0 Å². The first-order valence-electron chi connectivity index (χ1n) is 3.62. The van der Waals surface area contributed by atoms with Crippen LogP contribution in [0.2, 0.25) is 0 Å². The summed E-state index contributed by atoms with van der Waals surface area (Å²) in [7, 11) is 0. The van der Waals surface area contributed by atoms with E-state index in [4.69, 9.17) is 6.42 Å². The van der Waals surface area contributed by atoms with Gasteiger partial charge in [0, 0.05) is 5.56 Å². The third-order valence-corrected chi connectivity index (χ3v) is 2.62. The average Bonchev–Trinajstić information content (AvgIpc) is 2.49. The minimum Gasteiger partial charge on any atom is -0.245 e. The molecule has 0 aliphatic heterocycles. The highest BCUT2D eigenvalue weighted by atomic mass is 32.1. The van der Waals surface area contributed by atoms with E-state index in [1.165, 1.54) is 0 Å². The maximum absolute atomic E-state index is 5.34. The molecule has 0 unspecified atom stereocenters. The molecule has 0 bridgehead atoms. The maximum atomic E-state index is 5.34. The lowest BCUT2D eigenvalue weighted by atomic mass is 10.1. The Labute approximate surface area is 75.1 Å². The highest BCUT2D eigenvalue weighted by molar-refractivity contribution is 7.16. The van der Waals surface area contributed by atoms with E-state index in [2.05, 4.69) is 10.9 Å². The van der Waals surface area contributed by atoms with Crippen molar-refractivity contribution in [2.45, 2.75) is 6.92 Å². The summed E-state index contributed by atoms with van der Waals surface area (Å²) < 4.78 is 1.16. The van der Waals surface area contributed by atoms with Crippen molar-refractivity contribution in [2.24, 2.45) is 0 Å². The highest BCUT2D eigenvalue weighted by Crippen LogP contribution is 2.21. The Balaban J connectivity index is 2.84. The fourth-order valence-electron chi connectivity index (χ4n) is 1.16. The molecular weight excluding hydrogens is 166 g/mol. The summed E-state index contributed by atoms with van der Waals surface area (Å²) in [6.45, 7) is 2.01. The number of thiazole rings is 1. The maximum Gasteiger partial charge on any atom is 0.0815 e. The van der Waals surface area contributed by atoms with Crippen molar-refractivity contribution in [1.29, 1.82) is 0 Å². The van der Waals surface area contributed by atoms with Gasteiger partial charge in [0.2, 0.25) is 0 Å². The molecule has 0 atom stereocenters. The molecule has 2 heteroatoms. The molecule has 0 aliphatic carbocycles. The SMILES string of the molecule is C#Cc1cc2scnc2cc1C. The van der Waals surface area contributed by atoms with Crippen molar-refractivity contribution in [3.8, 4) is 12.3 Å². The van der Waals surface area contributed by atoms with Crippen molar-refractivity contribution in [2.75, 3.05) is 0 Å². The lowest BCUT2D eigenvalue weighted by molar-refractivity contribution is 1.43. The standard InChI is InChI=1S/C10H7NS/c1-3-8-5-10-9(4-7(8)2)11-6-12-10/h1,4-6H,2H3. The largest absolute Gasteiger partial charge is 0.245 e. The van der Waals surface area contributed by atoms with Gasteiger partial charge in [0.05, 0.1) is 15.7 Å². The first kappa shape index (κ1) is 7.33. The molecule has 2 aromatic rings. The second kappa shape index (κ2) is 2.62. The normalized spacial score (nSPS) is 10.0. The summed E-state index contributed by atoms with van der Waals surface area (Å²) in [5, 5.41) is 0. The second-order valence-electron chi connectivity index (χ2n) is 2.63. The number of hydrogen-bond acceptors (Lipinski definition) is 2. The number of aromatic nitrogens is 1. The summed E-state index contributed by atoms with van der Waals surface area (Å²) in [5.41, 5.74) is 4.96. The molecule has 0 saturated heterocycles. The zero-order valence-corrected chi connectivity index (χ0v) is 7.48. The molecule has 0 aliphatic rings. The van der Waals surface area contributed by atoms with Crippen LogP contribution in [0.15, 0.2) is 17.6 Å². The van der Waals surface area contributed by atoms with Crippen LogP contribution in [0.5, 0.6) is 0 Å². The summed E-state index contributed by atoms with van der Waals surface area (Å²) in [5.74, 6) is 2.66. The molecule has 1 nitrogen and oxygen atoms in total. The monoisotopic (exact) mass is 173 g/mol. The Morgan fingerprint density at radius 3 is 3.08 bits per heavy atom. The van der Waals surface area contributed by atoms with Crippen LogP contribution in [-0.2, 0) is 0 Å². The van der Waals surface area contributed by atoms with Crippen LogP contribution in [0.25, 0.3) is 10.2 Å². The molecule has 1 aromatic carbocycles. The van der Waals surface area contributed by atoms with E-state index in [9.17, 15) is 0 Å². The molecule has 0 spiro atoms. The predicted octanol–water partition coefficient (Wildman–Crippen LogP) is 2.59. The summed E-state index contributed by atoms with van der Waals surface area (Å²) >= 11 is 1.62. The summed E-state index contributed by atoms with van der Waals surface area (Å²) in [6.07, 6.45) is 5.34. The van der Waals surface area contributed by atoms with Gasteiger partial charge in [0.25, 0.3) is 0 Å². The van der Waals surface area contributed by atoms with Crippen molar-refractivity contribution < 1.29 is 0 Å². The Morgan fingerprint density at radius 2 is 2.33 bits per heavy atom. The van der Waals surface area contributed by atoms with Gasteiger partial charge in [0.1, 0.15) is 0 Å². The predicted molar refractivity (Wildman–Crippen MR) is 52.3 cm³/mol. The fourth-order valence-corrected chi connectivity index (χ4v) is 1.86. The Bertz CT molecular complexity index is 462. The fraction of sp³-hybridized carbons (Fsp3) is 0.100. The van der Waals surface area contributed by atoms with Gasteiger partial charge in [0.15, 0.2) is 0 Å². The number of rotatable bonds is 0. The van der Waals surface area contributed by atoms with E-state index in [1.807, 2.05) is 24.6 Å². The molecule has 0 radical (unpaired) electrons. The van der Waals surface area contributed by atoms with E-state index in [0.717, 1.165) is 21.3 Å². The molecule has 0 saturated carbocycles. The van der Waals surface area contributed by atoms with E-state index in [-0.39, 0.29) is 0 Å². The molecule has 0 amide bonds. The zero-order chi connectivity index (χ0) is 8.55. The molecule has 0 N–H and O–H groups in total. The molecule has 1 aromatic heterocycles. The smallest absolute Gasteiger partial charge is 0.0815 e. The van der Waals surface area contributed by atoms with Crippen molar-refractivity contribution in [3.63, 3.8) is 0 Å². The van der Waals surface area contributed by atoms with Crippen molar-refractivity contribution in [3.05, 3.63) is 28.8 Å². The lowest BCUT2D eigenvalue weighted by Crippen LogP contribution is -1.80. The number of aryl methyl sites for hydroxylation is 1. The van der Waals surface area contributed by atoms with E-state index in [0.29, 0.717) is 0 Å². The molecule has 1 heterocycles. The molecule has 12 heavy (non-hydrogen) atoms. The number of fused-ring (bicyclic) bond motifs is 1. The summed E-state index contributed by atoms with van der Waals surface area (Å²) in [6, 6.07) is 4.04. The molecular formula is C10H7NS. The van der Waals surface area contributed by atoms with E-state index < -0.39 is 0 Å². The minimum atomic E-state index is 0.965. The summed E-state index contributed by atoms with van der Waals surface area (Å²) in [4.78, 5) is 4.20. The van der Waals surface area contributed by atoms with Crippen LogP contribution in [0.1, 0.15) is 11.1 Å². The van der Waals surface area contributed by atoms with E-state index >= 15 is 0 Å². The van der Waals surface area contributed by atoms with Crippen LogP contribution in [0.3, 0.4) is 0 Å². The van der Waals surface area contributed by atoms with Crippen LogP contribution in [0, 0.1) is 19.3 Å². The first-order chi connectivity index (χ1) is 5.81. The third kappa shape index (κ3) is 0.992. The van der Waals surface area contributed by atoms with Gasteiger partial charge >= 0.3 is 0 Å². The molecule has 0 fully saturated rings. The van der Waals surface area contributed by atoms with Gasteiger partial charge in [-0.05, 0) is 24.6 Å². The lowest BCUT2D eigenvalue weighted by Gasteiger charge is -1.96. The van der Waals surface area contributed by atoms with Crippen LogP contribution in [-0.4, -0.2) is 4.98 Å². The third-order valence-electron chi connectivity index (χ3n) is 1.83. The van der Waals surface area contributed by atoms with Gasteiger partial charge in [-0.2, -0.15) is 0 Å². The van der Waals surface area contributed by atoms with Crippen molar-refractivity contribution in [1.82, 2.24) is 4.98 Å². The molecule has 58 valence electrons. The average molecular weight is 173 g/mol. The van der Waals surface area contributed by atoms with Gasteiger partial charge in [-0.25, -0.2) is 4.98 Å². The van der Waals surface area contributed by atoms with Gasteiger partial charge in [-0.3, -0.25) is 0 Å². The number of hydrogen-bond donors (Lipinski definition) is 0. The quantitative estimate of drug-likeness (QED) is 0.558. The highest BCUT2D eigenvalue weighted by Gasteiger charge is 2.00. The Morgan fingerprint density at radius 1 is 1.50 bits per heavy atom. The van der Waals surface area contributed by atoms with Crippen molar-refractivity contribution >= 4 is 21.6 Å². The second-order valence-corrected chi connectivity index (χ2v) is 3.52. The number of nitrogens with zero attached hydrogens (tertiary/aromatic N) is 1. The van der Waals surface area contributed by atoms with Crippen LogP contribution >= 0.6 is 11.3 Å². The van der Waals surface area contributed by atoms with E-state index in [1.54, 1.807) is 11.3 Å². The topological polar surface area (TPSA) is 12.9 Å². The van der Waals surface area contributed by atoms with Gasteiger partial charge < -0.3 is 0 Å². The Kier molecular flexibility index (Phi) is 1.60. The Hall–Kier alpha value is -1.33. The van der Waals surface area contributed by atoms with Gasteiger partial charge in [-0.15, -0.1) is 17.8 Å². The van der Waals surface area contributed by atoms with Crippen LogP contribution in [0.4, 0.5) is 0 Å². The minimum absolute atomic E-state index is 0.965. The van der Waals surface area contributed by atoms with Gasteiger partial charge in [-0.1, -0.05) is 5.92 Å². The molecule has 2 rings (SSSR count). The number of terminal acetylenes is 1. The first-order valence-corrected chi connectivity index (χ1v) is 4.49. The number of benzene rings is 1.